The van der Waals surface area contributed by atoms with Crippen LogP contribution >= 0.6 is 0 Å². The maximum absolute atomic E-state index is 14.8. The van der Waals surface area contributed by atoms with Gasteiger partial charge in [-0.05, 0) is 32.5 Å². The summed E-state index contributed by atoms with van der Waals surface area (Å²) in [5.74, 6) is -0.317. The molecule has 9 heteroatoms. The summed E-state index contributed by atoms with van der Waals surface area (Å²) in [5, 5.41) is 12.1. The maximum Gasteiger partial charge on any atom is 0.251 e. The highest BCUT2D eigenvalue weighted by Gasteiger charge is 2.38. The van der Waals surface area contributed by atoms with Crippen molar-refractivity contribution in [3.05, 3.63) is 30.1 Å². The Hall–Kier alpha value is -2.83. The van der Waals surface area contributed by atoms with E-state index in [1.165, 1.54) is 0 Å². The number of amides is 1. The molecule has 2 saturated heterocycles. The van der Waals surface area contributed by atoms with E-state index in [1.54, 1.807) is 18.5 Å². The Morgan fingerprint density at radius 1 is 1.37 bits per heavy atom. The van der Waals surface area contributed by atoms with Crippen LogP contribution in [0.5, 0.6) is 0 Å². The zero-order valence-electron chi connectivity index (χ0n) is 17.1. The Balaban J connectivity index is 1.51. The van der Waals surface area contributed by atoms with Gasteiger partial charge in [0.1, 0.15) is 22.8 Å². The van der Waals surface area contributed by atoms with Crippen LogP contribution in [0.15, 0.2) is 24.5 Å². The number of anilines is 1. The number of ether oxygens (including phenoxy) is 1. The molecule has 0 saturated carbocycles. The zero-order chi connectivity index (χ0) is 21.3. The normalized spacial score (nSPS) is 27.2. The number of halogens is 1. The van der Waals surface area contributed by atoms with Gasteiger partial charge in [-0.3, -0.25) is 14.8 Å². The van der Waals surface area contributed by atoms with Crippen LogP contribution in [0.2, 0.25) is 0 Å². The molecule has 2 fully saturated rings. The number of morpholine rings is 1. The van der Waals surface area contributed by atoms with E-state index in [0.29, 0.717) is 49.2 Å². The number of alkyl halides is 1. The minimum Gasteiger partial charge on any atom is -0.364 e. The fourth-order valence-corrected chi connectivity index (χ4v) is 4.22. The first-order chi connectivity index (χ1) is 14.4. The third-order valence-electron chi connectivity index (χ3n) is 5.69. The van der Waals surface area contributed by atoms with Gasteiger partial charge in [-0.1, -0.05) is 0 Å². The molecule has 8 nitrogen and oxygen atoms in total. The number of hydrogen-bond donors (Lipinski definition) is 1. The number of carbonyl (C=O) groups excluding carboxylic acids is 1. The number of nitriles is 1. The molecular weight excluding hydrogens is 387 g/mol. The van der Waals surface area contributed by atoms with Crippen molar-refractivity contribution in [1.29, 1.82) is 5.26 Å². The van der Waals surface area contributed by atoms with Crippen molar-refractivity contribution in [1.82, 2.24) is 20.2 Å². The Kier molecular flexibility index (Phi) is 5.54. The molecule has 0 radical (unpaired) electrons. The van der Waals surface area contributed by atoms with E-state index in [0.717, 1.165) is 5.69 Å². The van der Waals surface area contributed by atoms with Crippen molar-refractivity contribution in [2.24, 2.45) is 0 Å². The number of rotatable bonds is 4. The summed E-state index contributed by atoms with van der Waals surface area (Å²) in [4.78, 5) is 25.4. The summed E-state index contributed by atoms with van der Waals surface area (Å²) in [5.41, 5.74) is 0.990. The molecule has 2 unspecified atom stereocenters. The average molecular weight is 412 g/mol. The first-order valence-corrected chi connectivity index (χ1v) is 10.1. The Bertz CT molecular complexity index is 995. The number of fused-ring (bicyclic) bond motifs is 1. The van der Waals surface area contributed by atoms with Gasteiger partial charge in [0, 0.05) is 32.0 Å². The third kappa shape index (κ3) is 4.06. The first-order valence-electron chi connectivity index (χ1n) is 10.1. The lowest BCUT2D eigenvalue weighted by Crippen LogP contribution is -2.54. The Morgan fingerprint density at radius 3 is 2.83 bits per heavy atom. The van der Waals surface area contributed by atoms with Crippen molar-refractivity contribution in [3.8, 4) is 6.07 Å². The molecule has 3 atom stereocenters. The number of aromatic nitrogens is 2. The molecule has 1 N–H and O–H groups in total. The van der Waals surface area contributed by atoms with Gasteiger partial charge in [-0.15, -0.1) is 0 Å². The highest BCUT2D eigenvalue weighted by molar-refractivity contribution is 5.92. The largest absolute Gasteiger partial charge is 0.364 e. The van der Waals surface area contributed by atoms with Gasteiger partial charge >= 0.3 is 0 Å². The summed E-state index contributed by atoms with van der Waals surface area (Å²) in [6.07, 6.45) is 2.62. The second kappa shape index (κ2) is 8.13. The number of benzene rings is 1. The van der Waals surface area contributed by atoms with Crippen LogP contribution < -0.4 is 10.2 Å². The van der Waals surface area contributed by atoms with E-state index in [2.05, 4.69) is 21.4 Å². The van der Waals surface area contributed by atoms with Crippen molar-refractivity contribution in [2.45, 2.75) is 31.2 Å². The van der Waals surface area contributed by atoms with Gasteiger partial charge < -0.3 is 19.9 Å². The molecule has 2 aliphatic heterocycles. The quantitative estimate of drug-likeness (QED) is 0.808. The average Bonchev–Trinajstić information content (AvgIpc) is 3.09. The van der Waals surface area contributed by atoms with Crippen LogP contribution in [0, 0.1) is 11.3 Å². The van der Waals surface area contributed by atoms with Gasteiger partial charge in [0.2, 0.25) is 0 Å². The minimum atomic E-state index is -1.40. The van der Waals surface area contributed by atoms with E-state index in [4.69, 9.17) is 4.74 Å². The fourth-order valence-electron chi connectivity index (χ4n) is 4.22. The van der Waals surface area contributed by atoms with E-state index < -0.39 is 11.8 Å². The summed E-state index contributed by atoms with van der Waals surface area (Å²) in [6.45, 7) is 3.76. The van der Waals surface area contributed by atoms with E-state index in [1.807, 2.05) is 29.8 Å². The van der Waals surface area contributed by atoms with Gasteiger partial charge in [0.05, 0.1) is 30.4 Å². The van der Waals surface area contributed by atoms with Gasteiger partial charge in [-0.2, -0.15) is 5.26 Å². The molecule has 0 spiro atoms. The van der Waals surface area contributed by atoms with Crippen LogP contribution in [-0.4, -0.2) is 78.4 Å². The molecule has 4 rings (SSSR count). The van der Waals surface area contributed by atoms with Crippen molar-refractivity contribution in [3.63, 3.8) is 0 Å². The first kappa shape index (κ1) is 20.4. The molecule has 0 bridgehead atoms. The van der Waals surface area contributed by atoms with Crippen molar-refractivity contribution in [2.75, 3.05) is 44.7 Å². The lowest BCUT2D eigenvalue weighted by Gasteiger charge is -2.38. The van der Waals surface area contributed by atoms with Crippen LogP contribution in [0.4, 0.5) is 10.1 Å². The smallest absolute Gasteiger partial charge is 0.251 e. The fraction of sp³-hybridized carbons (Fsp3) is 0.524. The molecule has 2 aromatic rings. The molecule has 0 aliphatic carbocycles. The van der Waals surface area contributed by atoms with Crippen molar-refractivity contribution < 1.29 is 13.9 Å². The summed E-state index contributed by atoms with van der Waals surface area (Å²) in [6, 6.07) is 5.68. The second-order valence-electron chi connectivity index (χ2n) is 8.19. The summed E-state index contributed by atoms with van der Waals surface area (Å²) < 4.78 is 20.7. The lowest BCUT2D eigenvalue weighted by molar-refractivity contribution is -0.137. The molecule has 30 heavy (non-hydrogen) atoms. The molecule has 2 aliphatic rings. The van der Waals surface area contributed by atoms with Crippen LogP contribution in [0.1, 0.15) is 18.9 Å². The van der Waals surface area contributed by atoms with Crippen LogP contribution in [0.25, 0.3) is 11.0 Å². The van der Waals surface area contributed by atoms with E-state index >= 15 is 0 Å². The highest BCUT2D eigenvalue weighted by atomic mass is 19.1. The number of carbonyl (C=O) groups is 1. The van der Waals surface area contributed by atoms with Gasteiger partial charge in [0.15, 0.2) is 6.10 Å². The number of nitrogens with one attached hydrogen (secondary N) is 1. The van der Waals surface area contributed by atoms with Crippen LogP contribution in [-0.2, 0) is 9.53 Å². The molecule has 1 aromatic carbocycles. The molecule has 1 aromatic heterocycles. The monoisotopic (exact) mass is 412 g/mol. The van der Waals surface area contributed by atoms with Gasteiger partial charge in [-0.25, -0.2) is 4.39 Å². The molecule has 158 valence electrons. The van der Waals surface area contributed by atoms with Crippen molar-refractivity contribution >= 4 is 22.6 Å². The second-order valence-corrected chi connectivity index (χ2v) is 8.19. The number of nitrogens with zero attached hydrogens (tertiary/aromatic N) is 5. The Labute approximate surface area is 174 Å². The lowest BCUT2D eigenvalue weighted by atomic mass is 10.1. The van der Waals surface area contributed by atoms with E-state index in [9.17, 15) is 14.4 Å². The zero-order valence-corrected chi connectivity index (χ0v) is 17.1. The predicted octanol–water partition coefficient (Wildman–Crippen LogP) is 1.26. The molecular formula is C21H25FN6O2. The highest BCUT2D eigenvalue weighted by Crippen LogP contribution is 2.29. The third-order valence-corrected chi connectivity index (χ3v) is 5.69. The molecule has 3 heterocycles. The standard InChI is InChI=1S/C21H25FN6O2/c1-14-10-28(16-4-3-15(9-23)18-19(16)25-7-6-24-18)11-17(30-14)20(29)26-12-21(22)5-8-27(2)13-21/h3-4,6-7,14,17H,5,8,10-13H2,1-2H3,(H,26,29)/t14?,17?,21-/m1/s1. The minimum absolute atomic E-state index is 0.0182. The Morgan fingerprint density at radius 2 is 2.13 bits per heavy atom. The topological polar surface area (TPSA) is 94.4 Å². The number of hydrogen-bond acceptors (Lipinski definition) is 7. The molecule has 1 amide bonds. The van der Waals surface area contributed by atoms with E-state index in [-0.39, 0.29) is 18.6 Å². The predicted molar refractivity (Wildman–Crippen MR) is 110 cm³/mol. The van der Waals surface area contributed by atoms with Crippen LogP contribution in [0.3, 0.4) is 0 Å². The SMILES string of the molecule is CC1CN(c2ccc(C#N)c3nccnc23)CC(C(=O)NC[C@]2(F)CCN(C)C2)O1. The summed E-state index contributed by atoms with van der Waals surface area (Å²) in [7, 11) is 1.87. The maximum atomic E-state index is 14.8. The number of likely N-dealkylation sites (tertiary alicyclic amines) is 1. The summed E-state index contributed by atoms with van der Waals surface area (Å²) >= 11 is 0. The van der Waals surface area contributed by atoms with Gasteiger partial charge in [0.25, 0.3) is 5.91 Å².